The average molecular weight is 289 g/mol. The normalized spacial score (nSPS) is 16.2. The molecule has 0 amide bonds. The molecule has 0 radical (unpaired) electrons. The number of sulfonamides is 1. The van der Waals surface area contributed by atoms with E-state index in [0.29, 0.717) is 18.8 Å². The van der Waals surface area contributed by atoms with Crippen LogP contribution in [-0.2, 0) is 21.4 Å². The first kappa shape index (κ1) is 14.4. The van der Waals surface area contributed by atoms with Crippen LogP contribution in [0, 0.1) is 6.92 Å². The Bertz CT molecular complexity index is 536. The van der Waals surface area contributed by atoms with Crippen molar-refractivity contribution in [1.29, 1.82) is 0 Å². The van der Waals surface area contributed by atoms with Gasteiger partial charge in [-0.1, -0.05) is 0 Å². The summed E-state index contributed by atoms with van der Waals surface area (Å²) in [6, 6.07) is 0.0426. The Morgan fingerprint density at radius 1 is 1.53 bits per heavy atom. The molecular formula is C11H19N3O4S. The minimum Gasteiger partial charge on any atom is -0.390 e. The largest absolute Gasteiger partial charge is 0.390 e. The lowest BCUT2D eigenvalue weighted by molar-refractivity contribution is 0.177. The molecule has 1 heterocycles. The molecule has 1 aliphatic carbocycles. The third kappa shape index (κ3) is 2.81. The number of rotatable bonds is 7. The Labute approximate surface area is 112 Å². The second-order valence-electron chi connectivity index (χ2n) is 4.62. The summed E-state index contributed by atoms with van der Waals surface area (Å²) < 4.78 is 31.8. The molecule has 108 valence electrons. The minimum absolute atomic E-state index is 0.0426. The molecular weight excluding hydrogens is 270 g/mol. The van der Waals surface area contributed by atoms with Gasteiger partial charge in [0, 0.05) is 19.7 Å². The van der Waals surface area contributed by atoms with Crippen molar-refractivity contribution in [3.05, 3.63) is 11.4 Å². The number of H-pyrrole nitrogens is 1. The first-order chi connectivity index (χ1) is 9.02. The van der Waals surface area contributed by atoms with Crippen molar-refractivity contribution in [3.8, 4) is 0 Å². The number of aliphatic hydroxyl groups is 1. The fourth-order valence-electron chi connectivity index (χ4n) is 2.08. The van der Waals surface area contributed by atoms with Gasteiger partial charge in [-0.15, -0.1) is 0 Å². The topological polar surface area (TPSA) is 95.5 Å². The number of hydrogen-bond acceptors (Lipinski definition) is 5. The van der Waals surface area contributed by atoms with Crippen molar-refractivity contribution in [2.75, 3.05) is 20.3 Å². The number of aryl methyl sites for hydroxylation is 1. The molecule has 1 fully saturated rings. The fraction of sp³-hybridized carbons (Fsp3) is 0.727. The van der Waals surface area contributed by atoms with Gasteiger partial charge in [0.05, 0.1) is 18.9 Å². The van der Waals surface area contributed by atoms with E-state index < -0.39 is 16.6 Å². The number of ether oxygens (including phenoxy) is 1. The number of nitrogens with zero attached hydrogens (tertiary/aromatic N) is 2. The monoisotopic (exact) mass is 289 g/mol. The van der Waals surface area contributed by atoms with Crippen molar-refractivity contribution < 1.29 is 18.3 Å². The summed E-state index contributed by atoms with van der Waals surface area (Å²) in [5.41, 5.74) is 0.618. The van der Waals surface area contributed by atoms with Crippen molar-refractivity contribution in [2.24, 2.45) is 0 Å². The Morgan fingerprint density at radius 2 is 2.21 bits per heavy atom. The molecule has 1 aliphatic rings. The van der Waals surface area contributed by atoms with Crippen LogP contribution in [0.15, 0.2) is 4.90 Å². The van der Waals surface area contributed by atoms with E-state index in [1.165, 1.54) is 4.31 Å². The van der Waals surface area contributed by atoms with E-state index in [4.69, 9.17) is 4.74 Å². The molecule has 2 rings (SSSR count). The van der Waals surface area contributed by atoms with Gasteiger partial charge in [-0.25, -0.2) is 8.42 Å². The number of hydrogen-bond donors (Lipinski definition) is 2. The molecule has 0 aliphatic heterocycles. The van der Waals surface area contributed by atoms with Crippen LogP contribution in [0.5, 0.6) is 0 Å². The van der Waals surface area contributed by atoms with Gasteiger partial charge < -0.3 is 9.84 Å². The Hall–Kier alpha value is -0.960. The molecule has 0 bridgehead atoms. The van der Waals surface area contributed by atoms with E-state index in [2.05, 4.69) is 10.2 Å². The molecule has 2 N–H and O–H groups in total. The van der Waals surface area contributed by atoms with Crippen LogP contribution >= 0.6 is 0 Å². The minimum atomic E-state index is -3.64. The van der Waals surface area contributed by atoms with E-state index in [0.717, 1.165) is 12.8 Å². The van der Waals surface area contributed by atoms with Crippen LogP contribution in [0.2, 0.25) is 0 Å². The van der Waals surface area contributed by atoms with E-state index in [-0.39, 0.29) is 16.6 Å². The van der Waals surface area contributed by atoms with Crippen LogP contribution < -0.4 is 0 Å². The van der Waals surface area contributed by atoms with Crippen LogP contribution in [0.1, 0.15) is 24.2 Å². The van der Waals surface area contributed by atoms with Gasteiger partial charge >= 0.3 is 0 Å². The highest BCUT2D eigenvalue weighted by Gasteiger charge is 2.40. The predicted molar refractivity (Wildman–Crippen MR) is 68.0 cm³/mol. The number of nitrogens with one attached hydrogen (secondary N) is 1. The lowest BCUT2D eigenvalue weighted by Crippen LogP contribution is -2.36. The first-order valence-corrected chi connectivity index (χ1v) is 7.61. The maximum Gasteiger partial charge on any atom is 0.247 e. The van der Waals surface area contributed by atoms with Crippen molar-refractivity contribution in [3.63, 3.8) is 0 Å². The smallest absolute Gasteiger partial charge is 0.247 e. The first-order valence-electron chi connectivity index (χ1n) is 6.17. The molecule has 1 aromatic rings. The van der Waals surface area contributed by atoms with Crippen molar-refractivity contribution in [1.82, 2.24) is 14.5 Å². The molecule has 8 heteroatoms. The molecule has 0 spiro atoms. The van der Waals surface area contributed by atoms with Gasteiger partial charge in [0.1, 0.15) is 10.6 Å². The van der Waals surface area contributed by atoms with Gasteiger partial charge in [0.25, 0.3) is 0 Å². The molecule has 0 atom stereocenters. The Kier molecular flexibility index (Phi) is 4.24. The fourth-order valence-corrected chi connectivity index (χ4v) is 4.07. The Balaban J connectivity index is 2.35. The highest BCUT2D eigenvalue weighted by molar-refractivity contribution is 7.89. The summed E-state index contributed by atoms with van der Waals surface area (Å²) >= 11 is 0. The van der Waals surface area contributed by atoms with E-state index in [9.17, 15) is 13.5 Å². The standard InChI is InChI=1S/C11H19N3O4S/c1-8-11(10(7-15)13-12-8)19(16,17)14(5-6-18-2)9-3-4-9/h9,15H,3-7H2,1-2H3,(H,12,13). The quantitative estimate of drug-likeness (QED) is 0.737. The molecule has 1 aromatic heterocycles. The van der Waals surface area contributed by atoms with Crippen LogP contribution in [0.25, 0.3) is 0 Å². The predicted octanol–water partition coefficient (Wildman–Crippen LogP) is 0.00992. The summed E-state index contributed by atoms with van der Waals surface area (Å²) in [4.78, 5) is 0.0954. The van der Waals surface area contributed by atoms with E-state index >= 15 is 0 Å². The summed E-state index contributed by atoms with van der Waals surface area (Å²) in [6.45, 7) is 1.90. The van der Waals surface area contributed by atoms with Crippen molar-refractivity contribution in [2.45, 2.75) is 37.3 Å². The van der Waals surface area contributed by atoms with E-state index in [1.54, 1.807) is 14.0 Å². The summed E-state index contributed by atoms with van der Waals surface area (Å²) in [5, 5.41) is 15.7. The van der Waals surface area contributed by atoms with Crippen molar-refractivity contribution >= 4 is 10.0 Å². The molecule has 0 unspecified atom stereocenters. The van der Waals surface area contributed by atoms with Crippen LogP contribution in [-0.4, -0.2) is 54.3 Å². The van der Waals surface area contributed by atoms with Gasteiger partial charge in [0.15, 0.2) is 0 Å². The molecule has 1 saturated carbocycles. The van der Waals surface area contributed by atoms with Gasteiger partial charge in [0.2, 0.25) is 10.0 Å². The van der Waals surface area contributed by atoms with Gasteiger partial charge in [-0.05, 0) is 19.8 Å². The second-order valence-corrected chi connectivity index (χ2v) is 6.45. The third-order valence-electron chi connectivity index (χ3n) is 3.15. The lowest BCUT2D eigenvalue weighted by Gasteiger charge is -2.21. The number of aromatic amines is 1. The molecule has 7 nitrogen and oxygen atoms in total. The van der Waals surface area contributed by atoms with Gasteiger partial charge in [-0.2, -0.15) is 9.40 Å². The molecule has 0 saturated heterocycles. The zero-order chi connectivity index (χ0) is 14.0. The van der Waals surface area contributed by atoms with Gasteiger partial charge in [-0.3, -0.25) is 5.10 Å². The SMILES string of the molecule is COCCN(C1CC1)S(=O)(=O)c1c(CO)n[nH]c1C. The van der Waals surface area contributed by atoms with E-state index in [1.807, 2.05) is 0 Å². The zero-order valence-electron chi connectivity index (χ0n) is 11.1. The highest BCUT2D eigenvalue weighted by Crippen LogP contribution is 2.33. The maximum atomic E-state index is 12.7. The third-order valence-corrected chi connectivity index (χ3v) is 5.30. The highest BCUT2D eigenvalue weighted by atomic mass is 32.2. The molecule has 19 heavy (non-hydrogen) atoms. The summed E-state index contributed by atoms with van der Waals surface area (Å²) in [6.07, 6.45) is 1.74. The lowest BCUT2D eigenvalue weighted by atomic mass is 10.4. The maximum absolute atomic E-state index is 12.7. The summed E-state index contributed by atoms with van der Waals surface area (Å²) in [5.74, 6) is 0. The number of aromatic nitrogens is 2. The second kappa shape index (κ2) is 5.58. The number of aliphatic hydroxyl groups excluding tert-OH is 1. The average Bonchev–Trinajstić information content (AvgIpc) is 3.11. The van der Waals surface area contributed by atoms with Crippen LogP contribution in [0.4, 0.5) is 0 Å². The molecule has 0 aromatic carbocycles. The zero-order valence-corrected chi connectivity index (χ0v) is 11.9. The summed E-state index contributed by atoms with van der Waals surface area (Å²) in [7, 11) is -2.10. The van der Waals surface area contributed by atoms with Crippen LogP contribution in [0.3, 0.4) is 0 Å². The Morgan fingerprint density at radius 3 is 2.74 bits per heavy atom. The number of methoxy groups -OCH3 is 1.